The summed E-state index contributed by atoms with van der Waals surface area (Å²) in [5.74, 6) is 1.81. The molecule has 7 nitrogen and oxygen atoms in total. The Bertz CT molecular complexity index is 689. The standard InChI is InChI=1S/C17H24N6O/c1-14-12-15(20(2)3)19-17(18-14)23-10-8-22(9-11-23)16(24)13-21-6-4-5-7-21/h4-7,12H,8-11,13H2,1-3H3. The fraction of sp³-hybridized carbons (Fsp3) is 0.471. The monoisotopic (exact) mass is 328 g/mol. The van der Waals surface area contributed by atoms with Crippen molar-refractivity contribution in [3.05, 3.63) is 36.3 Å². The van der Waals surface area contributed by atoms with Crippen LogP contribution in [0.5, 0.6) is 0 Å². The minimum absolute atomic E-state index is 0.157. The van der Waals surface area contributed by atoms with Crippen molar-refractivity contribution in [2.24, 2.45) is 0 Å². The first-order chi connectivity index (χ1) is 11.5. The number of rotatable bonds is 4. The average molecular weight is 328 g/mol. The number of aryl methyl sites for hydroxylation is 1. The SMILES string of the molecule is Cc1cc(N(C)C)nc(N2CCN(C(=O)Cn3cccc3)CC2)n1. The molecule has 7 heteroatoms. The normalized spacial score (nSPS) is 14.8. The minimum Gasteiger partial charge on any atom is -0.363 e. The second kappa shape index (κ2) is 6.90. The largest absolute Gasteiger partial charge is 0.363 e. The highest BCUT2D eigenvalue weighted by molar-refractivity contribution is 5.76. The number of anilines is 2. The molecule has 2 aromatic rings. The van der Waals surface area contributed by atoms with Gasteiger partial charge in [-0.15, -0.1) is 0 Å². The Balaban J connectivity index is 1.61. The van der Waals surface area contributed by atoms with Crippen LogP contribution in [0, 0.1) is 6.92 Å². The Labute approximate surface area is 142 Å². The van der Waals surface area contributed by atoms with Gasteiger partial charge in [-0.25, -0.2) is 4.98 Å². The summed E-state index contributed by atoms with van der Waals surface area (Å²) in [7, 11) is 3.95. The second-order valence-corrected chi connectivity index (χ2v) is 6.29. The third kappa shape index (κ3) is 3.67. The lowest BCUT2D eigenvalue weighted by molar-refractivity contribution is -0.132. The van der Waals surface area contributed by atoms with E-state index in [-0.39, 0.29) is 5.91 Å². The molecular formula is C17H24N6O. The summed E-state index contributed by atoms with van der Waals surface area (Å²) >= 11 is 0. The van der Waals surface area contributed by atoms with Crippen LogP contribution in [0.15, 0.2) is 30.6 Å². The lowest BCUT2D eigenvalue weighted by Crippen LogP contribution is -2.50. The van der Waals surface area contributed by atoms with Gasteiger partial charge in [0.1, 0.15) is 12.4 Å². The van der Waals surface area contributed by atoms with Gasteiger partial charge in [0.15, 0.2) is 0 Å². The van der Waals surface area contributed by atoms with E-state index in [0.29, 0.717) is 19.6 Å². The second-order valence-electron chi connectivity index (χ2n) is 6.29. The maximum atomic E-state index is 12.4. The summed E-state index contributed by atoms with van der Waals surface area (Å²) in [6.45, 7) is 5.30. The predicted octanol–water partition coefficient (Wildman–Crippen LogP) is 1.00. The van der Waals surface area contributed by atoms with Crippen LogP contribution >= 0.6 is 0 Å². The lowest BCUT2D eigenvalue weighted by atomic mass is 10.3. The van der Waals surface area contributed by atoms with Crippen LogP contribution in [0.3, 0.4) is 0 Å². The third-order valence-corrected chi connectivity index (χ3v) is 4.19. The predicted molar refractivity (Wildman–Crippen MR) is 94.3 cm³/mol. The molecule has 0 N–H and O–H groups in total. The number of aromatic nitrogens is 3. The smallest absolute Gasteiger partial charge is 0.242 e. The Morgan fingerprint density at radius 1 is 1.12 bits per heavy atom. The van der Waals surface area contributed by atoms with Gasteiger partial charge in [-0.05, 0) is 19.1 Å². The molecule has 0 atom stereocenters. The molecule has 1 saturated heterocycles. The van der Waals surface area contributed by atoms with Crippen LogP contribution < -0.4 is 9.80 Å². The molecule has 1 amide bonds. The third-order valence-electron chi connectivity index (χ3n) is 4.19. The van der Waals surface area contributed by atoms with Crippen molar-refractivity contribution in [3.8, 4) is 0 Å². The number of hydrogen-bond donors (Lipinski definition) is 0. The van der Waals surface area contributed by atoms with Gasteiger partial charge in [0.05, 0.1) is 0 Å². The highest BCUT2D eigenvalue weighted by atomic mass is 16.2. The van der Waals surface area contributed by atoms with Gasteiger partial charge in [-0.2, -0.15) is 4.98 Å². The van der Waals surface area contributed by atoms with E-state index in [1.807, 2.05) is 66.0 Å². The molecule has 0 bridgehead atoms. The van der Waals surface area contributed by atoms with E-state index in [9.17, 15) is 4.79 Å². The van der Waals surface area contributed by atoms with Crippen molar-refractivity contribution < 1.29 is 4.79 Å². The number of carbonyl (C=O) groups is 1. The first kappa shape index (κ1) is 16.3. The highest BCUT2D eigenvalue weighted by Gasteiger charge is 2.23. The van der Waals surface area contributed by atoms with Crippen molar-refractivity contribution in [2.45, 2.75) is 13.5 Å². The van der Waals surface area contributed by atoms with Gasteiger partial charge < -0.3 is 19.3 Å². The zero-order valence-corrected chi connectivity index (χ0v) is 14.5. The zero-order chi connectivity index (χ0) is 17.1. The van der Waals surface area contributed by atoms with Crippen molar-refractivity contribution in [1.29, 1.82) is 0 Å². The van der Waals surface area contributed by atoms with E-state index in [1.165, 1.54) is 0 Å². The molecule has 1 aliphatic rings. The van der Waals surface area contributed by atoms with Gasteiger partial charge in [0.25, 0.3) is 0 Å². The molecule has 1 aliphatic heterocycles. The molecule has 0 spiro atoms. The van der Waals surface area contributed by atoms with E-state index in [4.69, 9.17) is 0 Å². The van der Waals surface area contributed by atoms with Crippen molar-refractivity contribution in [2.75, 3.05) is 50.1 Å². The number of nitrogens with zero attached hydrogens (tertiary/aromatic N) is 6. The lowest BCUT2D eigenvalue weighted by Gasteiger charge is -2.35. The maximum Gasteiger partial charge on any atom is 0.242 e. The number of hydrogen-bond acceptors (Lipinski definition) is 5. The van der Waals surface area contributed by atoms with Crippen molar-refractivity contribution >= 4 is 17.7 Å². The fourth-order valence-electron chi connectivity index (χ4n) is 2.79. The average Bonchev–Trinajstić information content (AvgIpc) is 3.07. The molecule has 1 fully saturated rings. The van der Waals surface area contributed by atoms with Crippen LogP contribution in [-0.2, 0) is 11.3 Å². The van der Waals surface area contributed by atoms with Crippen LogP contribution in [0.2, 0.25) is 0 Å². The molecule has 0 unspecified atom stereocenters. The van der Waals surface area contributed by atoms with E-state index < -0.39 is 0 Å². The van der Waals surface area contributed by atoms with E-state index in [0.717, 1.165) is 30.5 Å². The molecule has 24 heavy (non-hydrogen) atoms. The van der Waals surface area contributed by atoms with E-state index >= 15 is 0 Å². The van der Waals surface area contributed by atoms with Crippen LogP contribution in [0.25, 0.3) is 0 Å². The fourth-order valence-corrected chi connectivity index (χ4v) is 2.79. The Kier molecular flexibility index (Phi) is 4.69. The van der Waals surface area contributed by atoms with Gasteiger partial charge >= 0.3 is 0 Å². The molecule has 3 rings (SSSR count). The topological polar surface area (TPSA) is 57.5 Å². The molecule has 0 radical (unpaired) electrons. The van der Waals surface area contributed by atoms with Gasteiger partial charge in [0.2, 0.25) is 11.9 Å². The summed E-state index contributed by atoms with van der Waals surface area (Å²) in [5, 5.41) is 0. The summed E-state index contributed by atoms with van der Waals surface area (Å²) in [6, 6.07) is 5.84. The summed E-state index contributed by atoms with van der Waals surface area (Å²) < 4.78 is 1.90. The summed E-state index contributed by atoms with van der Waals surface area (Å²) in [6.07, 6.45) is 3.83. The minimum atomic E-state index is 0.157. The summed E-state index contributed by atoms with van der Waals surface area (Å²) in [4.78, 5) is 27.6. The zero-order valence-electron chi connectivity index (χ0n) is 14.5. The van der Waals surface area contributed by atoms with E-state index in [1.54, 1.807) is 0 Å². The molecule has 128 valence electrons. The van der Waals surface area contributed by atoms with Crippen LogP contribution in [0.4, 0.5) is 11.8 Å². The highest BCUT2D eigenvalue weighted by Crippen LogP contribution is 2.17. The molecule has 0 saturated carbocycles. The molecule has 3 heterocycles. The van der Waals surface area contributed by atoms with Crippen LogP contribution in [-0.4, -0.2) is 65.6 Å². The van der Waals surface area contributed by atoms with Gasteiger partial charge in [-0.3, -0.25) is 4.79 Å². The quantitative estimate of drug-likeness (QED) is 0.838. The number of carbonyl (C=O) groups excluding carboxylic acids is 1. The Morgan fingerprint density at radius 2 is 1.79 bits per heavy atom. The van der Waals surface area contributed by atoms with Crippen LogP contribution in [0.1, 0.15) is 5.69 Å². The summed E-state index contributed by atoms with van der Waals surface area (Å²) in [5.41, 5.74) is 0.954. The Morgan fingerprint density at radius 3 is 2.42 bits per heavy atom. The molecule has 0 aromatic carbocycles. The maximum absolute atomic E-state index is 12.4. The number of piperazine rings is 1. The Hall–Kier alpha value is -2.57. The molecule has 0 aliphatic carbocycles. The molecular weight excluding hydrogens is 304 g/mol. The van der Waals surface area contributed by atoms with Crippen molar-refractivity contribution in [1.82, 2.24) is 19.4 Å². The van der Waals surface area contributed by atoms with Crippen molar-refractivity contribution in [3.63, 3.8) is 0 Å². The molecule has 2 aromatic heterocycles. The van der Waals surface area contributed by atoms with Gasteiger partial charge in [0, 0.05) is 64.4 Å². The first-order valence-corrected chi connectivity index (χ1v) is 8.19. The van der Waals surface area contributed by atoms with E-state index in [2.05, 4.69) is 14.9 Å². The van der Waals surface area contributed by atoms with Gasteiger partial charge in [-0.1, -0.05) is 0 Å². The number of amides is 1. The first-order valence-electron chi connectivity index (χ1n) is 8.19.